The highest BCUT2D eigenvalue weighted by molar-refractivity contribution is 5.91. The predicted octanol–water partition coefficient (Wildman–Crippen LogP) is 0.800. The van der Waals surface area contributed by atoms with Crippen LogP contribution in [0.2, 0.25) is 0 Å². The highest BCUT2D eigenvalue weighted by Gasteiger charge is 2.07. The quantitative estimate of drug-likeness (QED) is 0.401. The van der Waals surface area contributed by atoms with Crippen LogP contribution in [0.5, 0.6) is 0 Å². The number of carbonyl (C=O) groups excluding carboxylic acids is 2. The topological polar surface area (TPSA) is 34.1 Å². The lowest BCUT2D eigenvalue weighted by Gasteiger charge is -1.97. The van der Waals surface area contributed by atoms with Crippen LogP contribution in [-0.4, -0.2) is 12.1 Å². The second kappa shape index (κ2) is 3.36. The molecule has 1 unspecified atom stereocenters. The van der Waals surface area contributed by atoms with E-state index in [0.29, 0.717) is 12.7 Å². The summed E-state index contributed by atoms with van der Waals surface area (Å²) in [4.78, 5) is 20.3. The first-order valence-corrected chi connectivity index (χ1v) is 2.68. The maximum Gasteiger partial charge on any atom is 0.139 e. The van der Waals surface area contributed by atoms with Crippen LogP contribution in [0.1, 0.15) is 20.3 Å². The monoisotopic (exact) mass is 114 g/mol. The molecule has 0 amide bonds. The van der Waals surface area contributed by atoms with Crippen molar-refractivity contribution in [3.8, 4) is 0 Å². The van der Waals surface area contributed by atoms with Gasteiger partial charge in [-0.25, -0.2) is 0 Å². The summed E-state index contributed by atoms with van der Waals surface area (Å²) in [5.41, 5.74) is 0. The Morgan fingerprint density at radius 3 is 2.25 bits per heavy atom. The van der Waals surface area contributed by atoms with E-state index in [0.717, 1.165) is 0 Å². The van der Waals surface area contributed by atoms with Gasteiger partial charge in [-0.15, -0.1) is 0 Å². The SMILES string of the molecule is CCC(C=O)C(C)=O. The lowest BCUT2D eigenvalue weighted by Crippen LogP contribution is -2.09. The van der Waals surface area contributed by atoms with Crippen LogP contribution in [0.4, 0.5) is 0 Å². The Hall–Kier alpha value is -0.660. The minimum absolute atomic E-state index is 0.0394. The summed E-state index contributed by atoms with van der Waals surface area (Å²) >= 11 is 0. The molecule has 0 spiro atoms. The number of aldehydes is 1. The second-order valence-corrected chi connectivity index (χ2v) is 1.76. The van der Waals surface area contributed by atoms with Crippen LogP contribution in [0.15, 0.2) is 0 Å². The van der Waals surface area contributed by atoms with Gasteiger partial charge in [-0.2, -0.15) is 0 Å². The number of Topliss-reactive ketones (excluding diaryl/α,β-unsaturated/α-hetero) is 1. The summed E-state index contributed by atoms with van der Waals surface area (Å²) in [5, 5.41) is 0. The largest absolute Gasteiger partial charge is 0.303 e. The van der Waals surface area contributed by atoms with Crippen molar-refractivity contribution in [2.24, 2.45) is 5.92 Å². The number of hydrogen-bond donors (Lipinski definition) is 0. The van der Waals surface area contributed by atoms with E-state index in [-0.39, 0.29) is 11.7 Å². The molecule has 0 aliphatic rings. The van der Waals surface area contributed by atoms with Gasteiger partial charge in [0.25, 0.3) is 0 Å². The highest BCUT2D eigenvalue weighted by atomic mass is 16.1. The fourth-order valence-electron chi connectivity index (χ4n) is 0.480. The summed E-state index contributed by atoms with van der Waals surface area (Å²) in [6, 6.07) is 0. The average molecular weight is 114 g/mol. The first-order valence-electron chi connectivity index (χ1n) is 2.68. The van der Waals surface area contributed by atoms with Crippen molar-refractivity contribution in [1.29, 1.82) is 0 Å². The highest BCUT2D eigenvalue weighted by Crippen LogP contribution is 1.97. The molecular formula is C6H10O2. The molecule has 0 aromatic rings. The van der Waals surface area contributed by atoms with E-state index in [1.165, 1.54) is 6.92 Å². The molecule has 0 radical (unpaired) electrons. The predicted molar refractivity (Wildman–Crippen MR) is 30.5 cm³/mol. The summed E-state index contributed by atoms with van der Waals surface area (Å²) in [7, 11) is 0. The van der Waals surface area contributed by atoms with Crippen molar-refractivity contribution in [3.05, 3.63) is 0 Å². The van der Waals surface area contributed by atoms with E-state index in [4.69, 9.17) is 0 Å². The lowest BCUT2D eigenvalue weighted by molar-refractivity contribution is -0.125. The molecule has 8 heavy (non-hydrogen) atoms. The zero-order valence-corrected chi connectivity index (χ0v) is 5.18. The number of rotatable bonds is 3. The van der Waals surface area contributed by atoms with Gasteiger partial charge < -0.3 is 4.79 Å². The van der Waals surface area contributed by atoms with E-state index >= 15 is 0 Å². The standard InChI is InChI=1S/C6H10O2/c1-3-6(4-7)5(2)8/h4,6H,3H2,1-2H3. The summed E-state index contributed by atoms with van der Waals surface area (Å²) < 4.78 is 0. The maximum absolute atomic E-state index is 10.4. The third-order valence-corrected chi connectivity index (χ3v) is 1.13. The smallest absolute Gasteiger partial charge is 0.139 e. The zero-order chi connectivity index (χ0) is 6.57. The van der Waals surface area contributed by atoms with Crippen molar-refractivity contribution in [2.75, 3.05) is 0 Å². The third kappa shape index (κ3) is 1.87. The van der Waals surface area contributed by atoms with E-state index in [1.807, 2.05) is 6.92 Å². The molecule has 46 valence electrons. The molecule has 0 aromatic heterocycles. The number of hydrogen-bond acceptors (Lipinski definition) is 2. The van der Waals surface area contributed by atoms with Gasteiger partial charge in [0.2, 0.25) is 0 Å². The normalized spacial score (nSPS) is 12.8. The molecule has 0 rings (SSSR count). The zero-order valence-electron chi connectivity index (χ0n) is 5.18. The molecule has 0 N–H and O–H groups in total. The molecule has 2 nitrogen and oxygen atoms in total. The maximum atomic E-state index is 10.4. The first kappa shape index (κ1) is 7.34. The average Bonchev–Trinajstić information content (AvgIpc) is 1.69. The van der Waals surface area contributed by atoms with E-state index < -0.39 is 0 Å². The van der Waals surface area contributed by atoms with Gasteiger partial charge in [0.05, 0.1) is 5.92 Å². The molecule has 0 aromatic carbocycles. The molecule has 0 fully saturated rings. The van der Waals surface area contributed by atoms with Crippen molar-refractivity contribution in [3.63, 3.8) is 0 Å². The molecular weight excluding hydrogens is 104 g/mol. The number of carbonyl (C=O) groups is 2. The molecule has 0 saturated heterocycles. The second-order valence-electron chi connectivity index (χ2n) is 1.76. The van der Waals surface area contributed by atoms with Crippen molar-refractivity contribution in [2.45, 2.75) is 20.3 Å². The molecule has 0 bridgehead atoms. The van der Waals surface area contributed by atoms with Crippen LogP contribution in [-0.2, 0) is 9.59 Å². The Kier molecular flexibility index (Phi) is 3.08. The fourth-order valence-corrected chi connectivity index (χ4v) is 0.480. The van der Waals surface area contributed by atoms with E-state index in [2.05, 4.69) is 0 Å². The van der Waals surface area contributed by atoms with Gasteiger partial charge in [-0.05, 0) is 13.3 Å². The molecule has 0 heterocycles. The Morgan fingerprint density at radius 1 is 1.75 bits per heavy atom. The fraction of sp³-hybridized carbons (Fsp3) is 0.667. The minimum Gasteiger partial charge on any atom is -0.303 e. The summed E-state index contributed by atoms with van der Waals surface area (Å²) in [6.45, 7) is 3.25. The van der Waals surface area contributed by atoms with Crippen LogP contribution in [0.25, 0.3) is 0 Å². The lowest BCUT2D eigenvalue weighted by atomic mass is 10.1. The van der Waals surface area contributed by atoms with Gasteiger partial charge in [0.15, 0.2) is 0 Å². The third-order valence-electron chi connectivity index (χ3n) is 1.13. The van der Waals surface area contributed by atoms with Crippen molar-refractivity contribution < 1.29 is 9.59 Å². The number of ketones is 1. The van der Waals surface area contributed by atoms with Gasteiger partial charge in [-0.3, -0.25) is 4.79 Å². The van der Waals surface area contributed by atoms with Crippen LogP contribution >= 0.6 is 0 Å². The van der Waals surface area contributed by atoms with E-state index in [9.17, 15) is 9.59 Å². The Balaban J connectivity index is 3.69. The Bertz CT molecular complexity index is 96.7. The van der Waals surface area contributed by atoms with Gasteiger partial charge >= 0.3 is 0 Å². The molecule has 0 aliphatic carbocycles. The van der Waals surface area contributed by atoms with Crippen LogP contribution in [0.3, 0.4) is 0 Å². The van der Waals surface area contributed by atoms with Crippen molar-refractivity contribution in [1.82, 2.24) is 0 Å². The minimum atomic E-state index is -0.366. The molecule has 1 atom stereocenters. The van der Waals surface area contributed by atoms with Crippen LogP contribution < -0.4 is 0 Å². The Morgan fingerprint density at radius 2 is 2.25 bits per heavy atom. The summed E-state index contributed by atoms with van der Waals surface area (Å²) in [5.74, 6) is -0.405. The van der Waals surface area contributed by atoms with Crippen LogP contribution in [0, 0.1) is 5.92 Å². The molecule has 2 heteroatoms. The molecule has 0 aliphatic heterocycles. The van der Waals surface area contributed by atoms with Gasteiger partial charge in [-0.1, -0.05) is 6.92 Å². The summed E-state index contributed by atoms with van der Waals surface area (Å²) in [6.07, 6.45) is 1.32. The molecule has 0 saturated carbocycles. The van der Waals surface area contributed by atoms with Crippen molar-refractivity contribution >= 4 is 12.1 Å². The van der Waals surface area contributed by atoms with E-state index in [1.54, 1.807) is 0 Å². The van der Waals surface area contributed by atoms with Gasteiger partial charge in [0.1, 0.15) is 12.1 Å². The Labute approximate surface area is 48.9 Å². The first-order chi connectivity index (χ1) is 3.72. The van der Waals surface area contributed by atoms with Gasteiger partial charge in [0, 0.05) is 0 Å².